The molecule has 1 heterocycles. The van der Waals surface area contributed by atoms with E-state index in [1.165, 1.54) is 17.7 Å². The van der Waals surface area contributed by atoms with Crippen LogP contribution in [-0.2, 0) is 11.3 Å². The second-order valence-corrected chi connectivity index (χ2v) is 7.59. The Bertz CT molecular complexity index is 1190. The Balaban J connectivity index is 1.66. The van der Waals surface area contributed by atoms with Crippen LogP contribution in [0.25, 0.3) is 11.4 Å². The summed E-state index contributed by atoms with van der Waals surface area (Å²) in [6.45, 7) is 3.63. The first-order chi connectivity index (χ1) is 15.8. The van der Waals surface area contributed by atoms with Crippen LogP contribution in [0, 0.1) is 4.77 Å². The lowest BCUT2D eigenvalue weighted by molar-refractivity contribution is -0.122. The molecule has 0 fully saturated rings. The molecule has 11 heteroatoms. The number of H-pyrrole nitrogens is 1. The van der Waals surface area contributed by atoms with E-state index in [4.69, 9.17) is 26.4 Å². The maximum atomic E-state index is 12.5. The molecule has 2 amide bonds. The van der Waals surface area contributed by atoms with Crippen LogP contribution in [0.15, 0.2) is 42.5 Å². The maximum Gasteiger partial charge on any atom is 0.269 e. The number of rotatable bonds is 8. The van der Waals surface area contributed by atoms with E-state index in [2.05, 4.69) is 21.0 Å². The molecule has 0 bridgehead atoms. The van der Waals surface area contributed by atoms with Gasteiger partial charge < -0.3 is 14.2 Å². The van der Waals surface area contributed by atoms with Gasteiger partial charge in [-0.25, -0.2) is 0 Å². The van der Waals surface area contributed by atoms with E-state index in [1.54, 1.807) is 43.5 Å². The van der Waals surface area contributed by atoms with Gasteiger partial charge in [-0.2, -0.15) is 5.10 Å². The minimum absolute atomic E-state index is 0.0460. The normalized spacial score (nSPS) is 10.6. The van der Waals surface area contributed by atoms with Crippen molar-refractivity contribution in [3.63, 3.8) is 0 Å². The molecule has 0 atom stereocenters. The van der Waals surface area contributed by atoms with E-state index >= 15 is 0 Å². The van der Waals surface area contributed by atoms with Crippen molar-refractivity contribution in [3.8, 4) is 28.6 Å². The molecule has 0 saturated heterocycles. The van der Waals surface area contributed by atoms with E-state index in [-0.39, 0.29) is 17.4 Å². The zero-order valence-electron chi connectivity index (χ0n) is 18.7. The number of aromatic amines is 1. The van der Waals surface area contributed by atoms with Gasteiger partial charge in [-0.15, -0.1) is 0 Å². The number of amides is 2. The molecule has 0 spiro atoms. The number of methoxy groups -OCH3 is 2. The number of nitrogens with zero attached hydrogens (tertiary/aromatic N) is 2. The summed E-state index contributed by atoms with van der Waals surface area (Å²) in [7, 11) is 3.06. The van der Waals surface area contributed by atoms with Crippen molar-refractivity contribution in [2.24, 2.45) is 0 Å². The highest BCUT2D eigenvalue weighted by molar-refractivity contribution is 7.71. The molecule has 0 radical (unpaired) electrons. The highest BCUT2D eigenvalue weighted by Gasteiger charge is 2.15. The van der Waals surface area contributed by atoms with Crippen molar-refractivity contribution >= 4 is 24.0 Å². The fourth-order valence-corrected chi connectivity index (χ4v) is 3.16. The number of hydrazine groups is 1. The molecule has 3 aromatic rings. The van der Waals surface area contributed by atoms with Crippen molar-refractivity contribution < 1.29 is 23.8 Å². The molecule has 10 nitrogen and oxygen atoms in total. The third-order valence-corrected chi connectivity index (χ3v) is 4.82. The molecule has 0 aliphatic carbocycles. The van der Waals surface area contributed by atoms with Crippen molar-refractivity contribution in [1.82, 2.24) is 25.6 Å². The van der Waals surface area contributed by atoms with E-state index in [0.717, 1.165) is 5.56 Å². The summed E-state index contributed by atoms with van der Waals surface area (Å²) in [5, 5.41) is 6.88. The Kier molecular flexibility index (Phi) is 7.67. The standard InChI is InChI=1S/C22H25N5O5S/c1-13(2)32-17-10-7-15(11-18(17)31-4)21(29)25-23-19(28)12-27-20(24-26-22(27)33)14-5-8-16(30-3)9-6-14/h5-11,13H,12H2,1-4H3,(H,23,28)(H,25,29)(H,26,33). The number of nitrogens with one attached hydrogen (secondary N) is 3. The summed E-state index contributed by atoms with van der Waals surface area (Å²) in [5.74, 6) is 1.12. The first-order valence-electron chi connectivity index (χ1n) is 10.1. The Hall–Kier alpha value is -3.86. The average Bonchev–Trinajstić information content (AvgIpc) is 3.17. The summed E-state index contributed by atoms with van der Waals surface area (Å²) in [6, 6.07) is 11.9. The van der Waals surface area contributed by atoms with Crippen LogP contribution >= 0.6 is 12.2 Å². The van der Waals surface area contributed by atoms with E-state index in [9.17, 15) is 9.59 Å². The van der Waals surface area contributed by atoms with Gasteiger partial charge in [0.15, 0.2) is 22.1 Å². The fraction of sp³-hybridized carbons (Fsp3) is 0.273. The van der Waals surface area contributed by atoms with Gasteiger partial charge in [0.1, 0.15) is 12.3 Å². The van der Waals surface area contributed by atoms with Crippen LogP contribution in [0.1, 0.15) is 24.2 Å². The second kappa shape index (κ2) is 10.6. The largest absolute Gasteiger partial charge is 0.497 e. The Morgan fingerprint density at radius 3 is 2.42 bits per heavy atom. The molecule has 0 aliphatic rings. The van der Waals surface area contributed by atoms with Gasteiger partial charge in [-0.05, 0) is 68.5 Å². The topological polar surface area (TPSA) is 120 Å². The fourth-order valence-electron chi connectivity index (χ4n) is 2.97. The van der Waals surface area contributed by atoms with E-state index in [0.29, 0.717) is 28.6 Å². The summed E-state index contributed by atoms with van der Waals surface area (Å²) in [6.07, 6.45) is -0.0460. The van der Waals surface area contributed by atoms with Gasteiger partial charge in [0, 0.05) is 11.1 Å². The van der Waals surface area contributed by atoms with Crippen molar-refractivity contribution in [2.75, 3.05) is 14.2 Å². The van der Waals surface area contributed by atoms with Crippen molar-refractivity contribution in [2.45, 2.75) is 26.5 Å². The smallest absolute Gasteiger partial charge is 0.269 e. The second-order valence-electron chi connectivity index (χ2n) is 7.20. The number of hydrogen-bond donors (Lipinski definition) is 3. The van der Waals surface area contributed by atoms with E-state index in [1.807, 2.05) is 13.8 Å². The third kappa shape index (κ3) is 5.89. The lowest BCUT2D eigenvalue weighted by Gasteiger charge is -2.14. The lowest BCUT2D eigenvalue weighted by Crippen LogP contribution is -2.43. The molecule has 0 unspecified atom stereocenters. The Morgan fingerprint density at radius 1 is 1.06 bits per heavy atom. The van der Waals surface area contributed by atoms with Crippen LogP contribution in [0.2, 0.25) is 0 Å². The number of carbonyl (C=O) groups excluding carboxylic acids is 2. The zero-order chi connectivity index (χ0) is 24.0. The summed E-state index contributed by atoms with van der Waals surface area (Å²) in [4.78, 5) is 25.0. The molecule has 33 heavy (non-hydrogen) atoms. The average molecular weight is 472 g/mol. The highest BCUT2D eigenvalue weighted by atomic mass is 32.1. The summed E-state index contributed by atoms with van der Waals surface area (Å²) >= 11 is 5.25. The van der Waals surface area contributed by atoms with Gasteiger partial charge >= 0.3 is 0 Å². The molecule has 174 valence electrons. The van der Waals surface area contributed by atoms with E-state index < -0.39 is 11.8 Å². The molecular weight excluding hydrogens is 446 g/mol. The minimum atomic E-state index is -0.510. The summed E-state index contributed by atoms with van der Waals surface area (Å²) < 4.78 is 17.9. The predicted molar refractivity (Wildman–Crippen MR) is 124 cm³/mol. The van der Waals surface area contributed by atoms with Gasteiger partial charge in [0.25, 0.3) is 11.8 Å². The molecule has 3 N–H and O–H groups in total. The molecule has 2 aromatic carbocycles. The molecule has 3 rings (SSSR count). The monoisotopic (exact) mass is 471 g/mol. The Labute approximate surface area is 195 Å². The SMILES string of the molecule is COc1ccc(-c2n[nH]c(=S)n2CC(=O)NNC(=O)c2ccc(OC(C)C)c(OC)c2)cc1. The van der Waals surface area contributed by atoms with Crippen LogP contribution < -0.4 is 25.1 Å². The van der Waals surface area contributed by atoms with Gasteiger partial charge in [0.05, 0.1) is 20.3 Å². The molecule has 0 aliphatic heterocycles. The number of ether oxygens (including phenoxy) is 3. The van der Waals surface area contributed by atoms with Gasteiger partial charge in [0.2, 0.25) is 0 Å². The molecular formula is C22H25N5O5S. The number of benzene rings is 2. The zero-order valence-corrected chi connectivity index (χ0v) is 19.5. The quantitative estimate of drug-likeness (QED) is 0.341. The third-order valence-electron chi connectivity index (χ3n) is 4.51. The van der Waals surface area contributed by atoms with Crippen LogP contribution in [0.4, 0.5) is 0 Å². The summed E-state index contributed by atoms with van der Waals surface area (Å²) in [5.41, 5.74) is 5.82. The van der Waals surface area contributed by atoms with Crippen LogP contribution in [0.5, 0.6) is 17.2 Å². The predicted octanol–water partition coefficient (Wildman–Crippen LogP) is 2.87. The highest BCUT2D eigenvalue weighted by Crippen LogP contribution is 2.29. The number of carbonyl (C=O) groups is 2. The maximum absolute atomic E-state index is 12.5. The van der Waals surface area contributed by atoms with Crippen LogP contribution in [0.3, 0.4) is 0 Å². The first kappa shape index (κ1) is 23.8. The van der Waals surface area contributed by atoms with Gasteiger partial charge in [-0.3, -0.25) is 30.1 Å². The minimum Gasteiger partial charge on any atom is -0.497 e. The van der Waals surface area contributed by atoms with Crippen LogP contribution in [-0.4, -0.2) is 46.9 Å². The van der Waals surface area contributed by atoms with Gasteiger partial charge in [-0.1, -0.05) is 0 Å². The Morgan fingerprint density at radius 2 is 1.79 bits per heavy atom. The van der Waals surface area contributed by atoms with Crippen molar-refractivity contribution in [3.05, 3.63) is 52.8 Å². The van der Waals surface area contributed by atoms with Crippen molar-refractivity contribution in [1.29, 1.82) is 0 Å². The number of aromatic nitrogens is 3. The lowest BCUT2D eigenvalue weighted by atomic mass is 10.2. The molecule has 1 aromatic heterocycles. The molecule has 0 saturated carbocycles. The first-order valence-corrected chi connectivity index (χ1v) is 10.5. The number of hydrogen-bond acceptors (Lipinski definition) is 7.